The van der Waals surface area contributed by atoms with Gasteiger partial charge < -0.3 is 19.6 Å². The van der Waals surface area contributed by atoms with E-state index in [9.17, 15) is 9.50 Å². The summed E-state index contributed by atoms with van der Waals surface area (Å²) in [5, 5.41) is 10.1. The molecule has 0 aliphatic rings. The molecule has 0 amide bonds. The minimum absolute atomic E-state index is 0.125. The lowest BCUT2D eigenvalue weighted by Crippen LogP contribution is -2.05. The Balaban J connectivity index is 2.09. The van der Waals surface area contributed by atoms with E-state index >= 15 is 0 Å². The zero-order valence-electron chi connectivity index (χ0n) is 11.9. The molecule has 0 bridgehead atoms. The highest BCUT2D eigenvalue weighted by atomic mass is 19.1. The van der Waals surface area contributed by atoms with Crippen molar-refractivity contribution >= 4 is 11.0 Å². The van der Waals surface area contributed by atoms with Crippen LogP contribution in [0.25, 0.3) is 11.0 Å². The maximum Gasteiger partial charge on any atom is 0.165 e. The maximum atomic E-state index is 13.8. The number of H-pyrrole nitrogens is 1. The molecule has 0 aliphatic carbocycles. The topological polar surface area (TPSA) is 67.4 Å². The van der Waals surface area contributed by atoms with Crippen molar-refractivity contribution in [1.82, 2.24) is 9.97 Å². The summed E-state index contributed by atoms with van der Waals surface area (Å²) in [5.74, 6) is 0.122. The fraction of sp³-hybridized carbons (Fsp3) is 0.188. The molecule has 0 spiro atoms. The number of aromatic amines is 1. The quantitative estimate of drug-likeness (QED) is 0.759. The van der Waals surface area contributed by atoms with Crippen molar-refractivity contribution in [2.45, 2.75) is 6.10 Å². The Morgan fingerprint density at radius 3 is 2.82 bits per heavy atom. The minimum Gasteiger partial charge on any atom is -0.453 e. The number of methoxy groups -OCH3 is 1. The van der Waals surface area contributed by atoms with E-state index in [1.54, 1.807) is 36.7 Å². The van der Waals surface area contributed by atoms with Gasteiger partial charge in [0.15, 0.2) is 11.6 Å². The summed E-state index contributed by atoms with van der Waals surface area (Å²) in [6.07, 6.45) is 2.76. The molecule has 2 N–H and O–H groups in total. The molecule has 3 aromatic rings. The Labute approximate surface area is 126 Å². The molecule has 2 aromatic heterocycles. The molecule has 0 radical (unpaired) electrons. The summed E-state index contributed by atoms with van der Waals surface area (Å²) < 4.78 is 24.7. The maximum absolute atomic E-state index is 13.8. The first-order valence-electron chi connectivity index (χ1n) is 6.76. The van der Waals surface area contributed by atoms with Crippen LogP contribution in [0, 0.1) is 5.82 Å². The fourth-order valence-electron chi connectivity index (χ4n) is 2.34. The van der Waals surface area contributed by atoms with Gasteiger partial charge in [-0.15, -0.1) is 0 Å². The first kappa shape index (κ1) is 14.5. The van der Waals surface area contributed by atoms with Gasteiger partial charge in [0.25, 0.3) is 0 Å². The van der Waals surface area contributed by atoms with Gasteiger partial charge in [-0.2, -0.15) is 0 Å². The van der Waals surface area contributed by atoms with Gasteiger partial charge in [-0.1, -0.05) is 12.1 Å². The number of nitrogens with one attached hydrogen (secondary N) is 1. The first-order chi connectivity index (χ1) is 10.7. The highest BCUT2D eigenvalue weighted by Gasteiger charge is 2.19. The Bertz CT molecular complexity index is 784. The van der Waals surface area contributed by atoms with E-state index in [0.29, 0.717) is 22.3 Å². The van der Waals surface area contributed by atoms with Crippen LogP contribution in [-0.2, 0) is 4.74 Å². The van der Waals surface area contributed by atoms with E-state index in [4.69, 9.17) is 9.47 Å². The third-order valence-corrected chi connectivity index (χ3v) is 3.42. The number of benzene rings is 1. The molecule has 0 saturated heterocycles. The summed E-state index contributed by atoms with van der Waals surface area (Å²) in [6.45, 7) is -0.183. The van der Waals surface area contributed by atoms with Gasteiger partial charge in [-0.05, 0) is 18.2 Å². The standard InChI is InChI=1S/C16H15FN2O3/c1-21-14(9-20)10-8-19-16-15(10)13(6-7-18-16)22-12-5-3-2-4-11(12)17/h2-8,14,20H,9H2,1H3,(H,18,19). The van der Waals surface area contributed by atoms with Crippen LogP contribution in [0.1, 0.15) is 11.7 Å². The zero-order valence-corrected chi connectivity index (χ0v) is 11.9. The number of fused-ring (bicyclic) bond motifs is 1. The Hall–Kier alpha value is -2.44. The van der Waals surface area contributed by atoms with E-state index in [1.807, 2.05) is 0 Å². The third kappa shape index (κ3) is 2.54. The number of aromatic nitrogens is 2. The van der Waals surface area contributed by atoms with E-state index in [1.165, 1.54) is 13.2 Å². The average Bonchev–Trinajstić information content (AvgIpc) is 2.96. The number of aliphatic hydroxyl groups excluding tert-OH is 1. The molecular weight excluding hydrogens is 287 g/mol. The number of rotatable bonds is 5. The molecule has 3 rings (SSSR count). The van der Waals surface area contributed by atoms with Crippen LogP contribution in [0.2, 0.25) is 0 Å². The summed E-state index contributed by atoms with van der Waals surface area (Å²) in [5.41, 5.74) is 1.29. The van der Waals surface area contributed by atoms with E-state index in [0.717, 1.165) is 0 Å². The van der Waals surface area contributed by atoms with Crippen molar-refractivity contribution in [3.05, 3.63) is 54.1 Å². The molecule has 114 valence electrons. The SMILES string of the molecule is COC(CO)c1c[nH]c2nccc(Oc3ccccc3F)c12. The summed E-state index contributed by atoms with van der Waals surface area (Å²) in [4.78, 5) is 7.21. The molecule has 2 heterocycles. The number of para-hydroxylation sites is 1. The van der Waals surface area contributed by atoms with Crippen molar-refractivity contribution in [2.75, 3.05) is 13.7 Å². The van der Waals surface area contributed by atoms with E-state index < -0.39 is 11.9 Å². The molecular formula is C16H15FN2O3. The molecule has 5 nitrogen and oxygen atoms in total. The summed E-state index contributed by atoms with van der Waals surface area (Å²) >= 11 is 0. The number of nitrogens with zero attached hydrogens (tertiary/aromatic N) is 1. The number of ether oxygens (including phenoxy) is 2. The fourth-order valence-corrected chi connectivity index (χ4v) is 2.34. The van der Waals surface area contributed by atoms with Crippen LogP contribution in [0.15, 0.2) is 42.7 Å². The second-order valence-electron chi connectivity index (χ2n) is 4.72. The van der Waals surface area contributed by atoms with Crippen molar-refractivity contribution in [1.29, 1.82) is 0 Å². The summed E-state index contributed by atoms with van der Waals surface area (Å²) in [7, 11) is 1.51. The van der Waals surface area contributed by atoms with Gasteiger partial charge in [-0.25, -0.2) is 9.37 Å². The Morgan fingerprint density at radius 1 is 1.27 bits per heavy atom. The Morgan fingerprint density at radius 2 is 2.09 bits per heavy atom. The van der Waals surface area contributed by atoms with Gasteiger partial charge in [0.05, 0.1) is 12.0 Å². The van der Waals surface area contributed by atoms with Crippen molar-refractivity contribution in [3.63, 3.8) is 0 Å². The highest BCUT2D eigenvalue weighted by Crippen LogP contribution is 2.35. The number of pyridine rings is 1. The highest BCUT2D eigenvalue weighted by molar-refractivity contribution is 5.87. The molecule has 0 aliphatic heterocycles. The molecule has 22 heavy (non-hydrogen) atoms. The molecule has 6 heteroatoms. The molecule has 1 unspecified atom stereocenters. The largest absolute Gasteiger partial charge is 0.453 e. The van der Waals surface area contributed by atoms with Gasteiger partial charge in [0, 0.05) is 25.1 Å². The normalized spacial score (nSPS) is 12.5. The minimum atomic E-state index is -0.513. The van der Waals surface area contributed by atoms with E-state index in [-0.39, 0.29) is 12.4 Å². The lowest BCUT2D eigenvalue weighted by molar-refractivity contribution is 0.0493. The predicted molar refractivity (Wildman–Crippen MR) is 79.4 cm³/mol. The van der Waals surface area contributed by atoms with Gasteiger partial charge in [0.2, 0.25) is 0 Å². The van der Waals surface area contributed by atoms with Crippen molar-refractivity contribution in [2.24, 2.45) is 0 Å². The van der Waals surface area contributed by atoms with Crippen LogP contribution in [0.4, 0.5) is 4.39 Å². The lowest BCUT2D eigenvalue weighted by atomic mass is 10.1. The molecule has 0 fully saturated rings. The van der Waals surface area contributed by atoms with Crippen LogP contribution < -0.4 is 4.74 Å². The van der Waals surface area contributed by atoms with Gasteiger partial charge in [-0.3, -0.25) is 0 Å². The van der Waals surface area contributed by atoms with Gasteiger partial charge in [0.1, 0.15) is 17.5 Å². The smallest absolute Gasteiger partial charge is 0.165 e. The zero-order chi connectivity index (χ0) is 15.5. The van der Waals surface area contributed by atoms with Crippen LogP contribution in [-0.4, -0.2) is 28.8 Å². The molecule has 1 aromatic carbocycles. The van der Waals surface area contributed by atoms with Crippen LogP contribution in [0.5, 0.6) is 11.5 Å². The van der Waals surface area contributed by atoms with Crippen LogP contribution in [0.3, 0.4) is 0 Å². The second-order valence-corrected chi connectivity index (χ2v) is 4.72. The van der Waals surface area contributed by atoms with Crippen molar-refractivity contribution < 1.29 is 19.0 Å². The lowest BCUT2D eigenvalue weighted by Gasteiger charge is -2.13. The predicted octanol–water partition coefficient (Wildman–Crippen LogP) is 3.17. The second kappa shape index (κ2) is 6.13. The number of aliphatic hydroxyl groups is 1. The van der Waals surface area contributed by atoms with Gasteiger partial charge >= 0.3 is 0 Å². The first-order valence-corrected chi connectivity index (χ1v) is 6.76. The van der Waals surface area contributed by atoms with Crippen LogP contribution >= 0.6 is 0 Å². The number of halogens is 1. The Kier molecular flexibility index (Phi) is 4.04. The number of hydrogen-bond donors (Lipinski definition) is 2. The summed E-state index contributed by atoms with van der Waals surface area (Å²) in [6, 6.07) is 7.82. The molecule has 0 saturated carbocycles. The molecule has 1 atom stereocenters. The average molecular weight is 302 g/mol. The monoisotopic (exact) mass is 302 g/mol. The van der Waals surface area contributed by atoms with Crippen molar-refractivity contribution in [3.8, 4) is 11.5 Å². The third-order valence-electron chi connectivity index (χ3n) is 3.42. The number of hydrogen-bond acceptors (Lipinski definition) is 4. The van der Waals surface area contributed by atoms with E-state index in [2.05, 4.69) is 9.97 Å².